The van der Waals surface area contributed by atoms with E-state index in [0.717, 1.165) is 0 Å². The summed E-state index contributed by atoms with van der Waals surface area (Å²) >= 11 is 12.2. The van der Waals surface area contributed by atoms with Crippen molar-refractivity contribution in [2.45, 2.75) is 24.8 Å². The highest BCUT2D eigenvalue weighted by Crippen LogP contribution is 2.40. The predicted octanol–water partition coefficient (Wildman–Crippen LogP) is 2.88. The molecule has 0 saturated carbocycles. The molecule has 0 bridgehead atoms. The summed E-state index contributed by atoms with van der Waals surface area (Å²) in [5.74, 6) is 5.82. The SMILES string of the molecule is CC1(C)SC(=S)N(N)[C@@H]1N(O)C(=O)Nc1ccc(Cl)cc1. The van der Waals surface area contributed by atoms with Crippen molar-refractivity contribution < 1.29 is 10.0 Å². The Morgan fingerprint density at radius 1 is 1.52 bits per heavy atom. The molecule has 0 spiro atoms. The number of hydroxylamine groups is 2. The highest BCUT2D eigenvalue weighted by atomic mass is 35.5. The lowest BCUT2D eigenvalue weighted by Gasteiger charge is -2.34. The Kier molecular flexibility index (Phi) is 4.64. The molecular weight excluding hydrogens is 332 g/mol. The summed E-state index contributed by atoms with van der Waals surface area (Å²) < 4.78 is -0.110. The molecule has 1 atom stereocenters. The molecule has 0 aromatic heterocycles. The molecule has 1 heterocycles. The number of thiocarbonyl (C=S) groups is 1. The molecule has 0 aliphatic carbocycles. The van der Waals surface area contributed by atoms with Gasteiger partial charge in [-0.05, 0) is 38.1 Å². The van der Waals surface area contributed by atoms with Crippen LogP contribution >= 0.6 is 35.6 Å². The molecule has 1 saturated heterocycles. The number of hydrazine groups is 1. The van der Waals surface area contributed by atoms with E-state index in [1.54, 1.807) is 24.3 Å². The molecule has 1 aromatic rings. The summed E-state index contributed by atoms with van der Waals surface area (Å²) in [6.07, 6.45) is -0.762. The minimum Gasteiger partial charge on any atom is -0.306 e. The molecule has 0 unspecified atom stereocenters. The zero-order valence-corrected chi connectivity index (χ0v) is 13.8. The summed E-state index contributed by atoms with van der Waals surface area (Å²) in [5.41, 5.74) is 0.512. The average Bonchev–Trinajstić information content (AvgIpc) is 2.60. The summed E-state index contributed by atoms with van der Waals surface area (Å²) in [6, 6.07) is 5.84. The third-order valence-corrected chi connectivity index (χ3v) is 4.82. The fourth-order valence-electron chi connectivity index (χ4n) is 2.00. The Bertz CT molecular complexity index is 567. The van der Waals surface area contributed by atoms with Crippen LogP contribution in [0.25, 0.3) is 0 Å². The Labute approximate surface area is 137 Å². The Balaban J connectivity index is 2.12. The van der Waals surface area contributed by atoms with Crippen LogP contribution in [0.5, 0.6) is 0 Å². The van der Waals surface area contributed by atoms with Crippen LogP contribution in [0.3, 0.4) is 0 Å². The van der Waals surface area contributed by atoms with Gasteiger partial charge in [0.1, 0.15) is 0 Å². The van der Waals surface area contributed by atoms with Crippen molar-refractivity contribution in [3.8, 4) is 0 Å². The van der Waals surface area contributed by atoms with Crippen molar-refractivity contribution in [2.75, 3.05) is 5.32 Å². The van der Waals surface area contributed by atoms with Crippen molar-refractivity contribution in [3.05, 3.63) is 29.3 Å². The van der Waals surface area contributed by atoms with Gasteiger partial charge in [-0.3, -0.25) is 10.2 Å². The van der Waals surface area contributed by atoms with Crippen molar-refractivity contribution in [3.63, 3.8) is 0 Å². The number of thioether (sulfide) groups is 1. The van der Waals surface area contributed by atoms with Crippen molar-refractivity contribution >= 4 is 51.6 Å². The molecule has 2 amide bonds. The van der Waals surface area contributed by atoms with Gasteiger partial charge in [0.2, 0.25) is 0 Å². The normalized spacial score (nSPS) is 20.5. The van der Waals surface area contributed by atoms with E-state index in [2.05, 4.69) is 5.32 Å². The van der Waals surface area contributed by atoms with E-state index in [4.69, 9.17) is 29.7 Å². The molecule has 9 heteroatoms. The standard InChI is InChI=1S/C12H15ClN4O2S2/c1-12(2)9(16(14)11(20)21-12)17(19)10(18)15-8-5-3-7(13)4-6-8/h3-6,9,19H,14H2,1-2H3,(H,15,18)/t9-/m1/s1. The zero-order valence-electron chi connectivity index (χ0n) is 11.4. The minimum atomic E-state index is -0.762. The van der Waals surface area contributed by atoms with E-state index in [-0.39, 0.29) is 0 Å². The molecule has 4 N–H and O–H groups in total. The van der Waals surface area contributed by atoms with Gasteiger partial charge in [0, 0.05) is 10.7 Å². The first-order valence-electron chi connectivity index (χ1n) is 6.04. The maximum absolute atomic E-state index is 12.1. The van der Waals surface area contributed by atoms with Gasteiger partial charge in [0.15, 0.2) is 10.5 Å². The minimum absolute atomic E-state index is 0.420. The summed E-state index contributed by atoms with van der Waals surface area (Å²) in [6.45, 7) is 3.70. The van der Waals surface area contributed by atoms with E-state index in [9.17, 15) is 10.0 Å². The molecule has 2 rings (SSSR count). The van der Waals surface area contributed by atoms with Gasteiger partial charge < -0.3 is 5.32 Å². The number of nitrogens with two attached hydrogens (primary N) is 1. The number of hydrogen-bond acceptors (Lipinski definition) is 5. The molecule has 1 aliphatic rings. The Morgan fingerprint density at radius 3 is 2.57 bits per heavy atom. The number of anilines is 1. The maximum Gasteiger partial charge on any atom is 0.347 e. The number of carbonyl (C=O) groups is 1. The van der Waals surface area contributed by atoms with E-state index in [1.165, 1.54) is 16.8 Å². The lowest BCUT2D eigenvalue weighted by atomic mass is 10.1. The number of carbonyl (C=O) groups excluding carboxylic acids is 1. The van der Waals surface area contributed by atoms with Crippen LogP contribution in [0.2, 0.25) is 5.02 Å². The lowest BCUT2D eigenvalue weighted by molar-refractivity contribution is -0.114. The Hall–Kier alpha value is -1.06. The van der Waals surface area contributed by atoms with Crippen LogP contribution < -0.4 is 11.2 Å². The molecule has 1 aromatic carbocycles. The molecule has 1 aliphatic heterocycles. The molecule has 6 nitrogen and oxygen atoms in total. The smallest absolute Gasteiger partial charge is 0.306 e. The number of benzene rings is 1. The highest BCUT2D eigenvalue weighted by molar-refractivity contribution is 8.24. The van der Waals surface area contributed by atoms with E-state index in [0.29, 0.717) is 20.1 Å². The fourth-order valence-corrected chi connectivity index (χ4v) is 3.85. The van der Waals surface area contributed by atoms with Gasteiger partial charge in [0.05, 0.1) is 4.75 Å². The second-order valence-corrected chi connectivity index (χ2v) is 7.76. The number of nitrogens with one attached hydrogen (secondary N) is 1. The quantitative estimate of drug-likeness (QED) is 0.330. The first kappa shape index (κ1) is 16.3. The first-order valence-corrected chi connectivity index (χ1v) is 7.64. The number of amides is 2. The number of urea groups is 1. The van der Waals surface area contributed by atoms with Gasteiger partial charge >= 0.3 is 6.03 Å². The first-order chi connectivity index (χ1) is 9.72. The van der Waals surface area contributed by atoms with Crippen LogP contribution in [0.4, 0.5) is 10.5 Å². The third-order valence-electron chi connectivity index (χ3n) is 2.98. The summed E-state index contributed by atoms with van der Waals surface area (Å²) in [5, 5.41) is 15.0. The van der Waals surface area contributed by atoms with Crippen molar-refractivity contribution in [1.29, 1.82) is 0 Å². The van der Waals surface area contributed by atoms with Crippen LogP contribution in [0.1, 0.15) is 13.8 Å². The van der Waals surface area contributed by atoms with Gasteiger partial charge in [-0.1, -0.05) is 35.6 Å². The van der Waals surface area contributed by atoms with Gasteiger partial charge in [-0.15, -0.1) is 0 Å². The van der Waals surface area contributed by atoms with Gasteiger partial charge in [-0.25, -0.2) is 10.6 Å². The van der Waals surface area contributed by atoms with E-state index >= 15 is 0 Å². The van der Waals surface area contributed by atoms with Crippen LogP contribution in [-0.2, 0) is 0 Å². The van der Waals surface area contributed by atoms with Crippen LogP contribution in [-0.4, -0.2) is 36.5 Å². The monoisotopic (exact) mass is 346 g/mol. The molecule has 114 valence electrons. The van der Waals surface area contributed by atoms with Crippen LogP contribution in [0, 0.1) is 0 Å². The summed E-state index contributed by atoms with van der Waals surface area (Å²) in [7, 11) is 0. The van der Waals surface area contributed by atoms with Crippen molar-refractivity contribution in [2.24, 2.45) is 5.84 Å². The zero-order chi connectivity index (χ0) is 15.8. The van der Waals surface area contributed by atoms with Gasteiger partial charge in [-0.2, -0.15) is 5.06 Å². The van der Waals surface area contributed by atoms with Gasteiger partial charge in [0.25, 0.3) is 0 Å². The van der Waals surface area contributed by atoms with E-state index in [1.807, 2.05) is 13.8 Å². The maximum atomic E-state index is 12.1. The number of rotatable bonds is 2. The number of hydrogen-bond donors (Lipinski definition) is 3. The summed E-state index contributed by atoms with van der Waals surface area (Å²) in [4.78, 5) is 12.1. The fraction of sp³-hybridized carbons (Fsp3) is 0.333. The largest absolute Gasteiger partial charge is 0.347 e. The lowest BCUT2D eigenvalue weighted by Crippen LogP contribution is -2.57. The second-order valence-electron chi connectivity index (χ2n) is 5.03. The number of halogens is 1. The van der Waals surface area contributed by atoms with Crippen molar-refractivity contribution in [1.82, 2.24) is 10.1 Å². The number of nitrogens with zero attached hydrogens (tertiary/aromatic N) is 2. The molecule has 0 radical (unpaired) electrons. The second kappa shape index (κ2) is 5.98. The average molecular weight is 347 g/mol. The third kappa shape index (κ3) is 3.41. The van der Waals surface area contributed by atoms with Crippen LogP contribution in [0.15, 0.2) is 24.3 Å². The highest BCUT2D eigenvalue weighted by Gasteiger charge is 2.48. The predicted molar refractivity (Wildman–Crippen MR) is 88.2 cm³/mol. The molecular formula is C12H15ClN4O2S2. The molecule has 1 fully saturated rings. The van der Waals surface area contributed by atoms with E-state index < -0.39 is 16.9 Å². The molecule has 21 heavy (non-hydrogen) atoms. The Morgan fingerprint density at radius 2 is 2.10 bits per heavy atom. The topological polar surface area (TPSA) is 81.8 Å².